The highest BCUT2D eigenvalue weighted by Crippen LogP contribution is 2.36. The number of likely N-dealkylation sites (tertiary alicyclic amines) is 1. The van der Waals surface area contributed by atoms with Crippen molar-refractivity contribution in [2.24, 2.45) is 5.92 Å². The molecule has 0 bridgehead atoms. The van der Waals surface area contributed by atoms with Crippen molar-refractivity contribution in [3.63, 3.8) is 0 Å². The van der Waals surface area contributed by atoms with Crippen molar-refractivity contribution in [1.29, 1.82) is 0 Å². The van der Waals surface area contributed by atoms with E-state index in [2.05, 4.69) is 16.5 Å². The van der Waals surface area contributed by atoms with Gasteiger partial charge < -0.3 is 19.5 Å². The maximum absolute atomic E-state index is 13.3. The van der Waals surface area contributed by atoms with Gasteiger partial charge in [0.15, 0.2) is 5.76 Å². The van der Waals surface area contributed by atoms with E-state index in [9.17, 15) is 13.6 Å². The van der Waals surface area contributed by atoms with Gasteiger partial charge in [0.25, 0.3) is 0 Å². The summed E-state index contributed by atoms with van der Waals surface area (Å²) >= 11 is 0. The Morgan fingerprint density at radius 1 is 1.31 bits per heavy atom. The normalized spacial score (nSPS) is 19.0. The second kappa shape index (κ2) is 9.71. The van der Waals surface area contributed by atoms with Crippen LogP contribution in [0.5, 0.6) is 5.75 Å². The van der Waals surface area contributed by atoms with Crippen LogP contribution in [0.15, 0.2) is 40.6 Å². The Hall–Kier alpha value is -2.90. The quantitative estimate of drug-likeness (QED) is 0.622. The first-order valence-electron chi connectivity index (χ1n) is 11.2. The van der Waals surface area contributed by atoms with Crippen LogP contribution in [0.1, 0.15) is 49.8 Å². The predicted molar refractivity (Wildman–Crippen MR) is 118 cm³/mol. The molecule has 1 saturated carbocycles. The van der Waals surface area contributed by atoms with Crippen LogP contribution >= 0.6 is 0 Å². The molecule has 172 valence electrons. The molecule has 2 heterocycles. The number of hydrogen-bond donors (Lipinski definition) is 1. The zero-order chi connectivity index (χ0) is 22.6. The largest absolute Gasteiger partial charge is 0.493 e. The number of rotatable bonds is 5. The van der Waals surface area contributed by atoms with Crippen LogP contribution in [0.3, 0.4) is 0 Å². The first-order valence-corrected chi connectivity index (χ1v) is 11.2. The van der Waals surface area contributed by atoms with E-state index in [1.165, 1.54) is 11.8 Å². The van der Waals surface area contributed by atoms with Gasteiger partial charge in [-0.15, -0.1) is 0 Å². The first kappa shape index (κ1) is 22.3. The van der Waals surface area contributed by atoms with E-state index < -0.39 is 5.92 Å². The van der Waals surface area contributed by atoms with Gasteiger partial charge in [0.05, 0.1) is 12.8 Å². The number of nitrogens with one attached hydrogen (secondary N) is 1. The number of aromatic nitrogens is 1. The highest BCUT2D eigenvalue weighted by molar-refractivity contribution is 5.89. The molecule has 0 atom stereocenters. The molecule has 6 nitrogen and oxygen atoms in total. The maximum atomic E-state index is 13.3. The van der Waals surface area contributed by atoms with Crippen LogP contribution in [0, 0.1) is 12.8 Å². The Morgan fingerprint density at radius 2 is 2.06 bits per heavy atom. The van der Waals surface area contributed by atoms with Crippen LogP contribution in [0.2, 0.25) is 0 Å². The number of carbonyl (C=O) groups excluding carboxylic acids is 1. The minimum Gasteiger partial charge on any atom is -0.493 e. The molecule has 1 saturated heterocycles. The van der Waals surface area contributed by atoms with Gasteiger partial charge in [0.2, 0.25) is 5.92 Å². The monoisotopic (exact) mass is 445 g/mol. The fraction of sp³-hybridized carbons (Fsp3) is 0.500. The standard InChI is InChI=1S/C24H29F2N3O3/c1-17-22(15-27-32-17)28-23(30)29-11-7-18(8-12-29)13-20-3-2-4-21(14-20)31-16-19-5-9-24(25,26)10-6-19/h2-4,13-15,19H,5-12,16H2,1H3,(H,28,30). The lowest BCUT2D eigenvalue weighted by molar-refractivity contribution is -0.0498. The summed E-state index contributed by atoms with van der Waals surface area (Å²) in [4.78, 5) is 14.2. The summed E-state index contributed by atoms with van der Waals surface area (Å²) in [7, 11) is 0. The first-order chi connectivity index (χ1) is 15.4. The number of carbonyl (C=O) groups is 1. The Bertz CT molecular complexity index is 953. The van der Waals surface area contributed by atoms with Gasteiger partial charge in [-0.3, -0.25) is 0 Å². The molecule has 2 aliphatic rings. The second-order valence-electron chi connectivity index (χ2n) is 8.70. The van der Waals surface area contributed by atoms with Gasteiger partial charge in [-0.2, -0.15) is 0 Å². The number of alkyl halides is 2. The molecular weight excluding hydrogens is 416 g/mol. The number of hydrogen-bond acceptors (Lipinski definition) is 4. The van der Waals surface area contributed by atoms with Crippen molar-refractivity contribution < 1.29 is 22.8 Å². The van der Waals surface area contributed by atoms with E-state index in [0.29, 0.717) is 44.0 Å². The molecule has 0 unspecified atom stereocenters. The SMILES string of the molecule is Cc1oncc1NC(=O)N1CCC(=Cc2cccc(OCC3CCC(F)(F)CC3)c2)CC1. The molecule has 8 heteroatoms. The number of anilines is 1. The summed E-state index contributed by atoms with van der Waals surface area (Å²) < 4.78 is 37.5. The molecule has 0 radical (unpaired) electrons. The number of benzene rings is 1. The number of ether oxygens (including phenoxy) is 1. The molecule has 32 heavy (non-hydrogen) atoms. The molecule has 1 aromatic heterocycles. The van der Waals surface area contributed by atoms with Gasteiger partial charge in [0, 0.05) is 25.9 Å². The Morgan fingerprint density at radius 3 is 2.75 bits per heavy atom. The molecule has 1 aromatic carbocycles. The van der Waals surface area contributed by atoms with Crippen molar-refractivity contribution in [2.75, 3.05) is 25.0 Å². The van der Waals surface area contributed by atoms with E-state index in [1.54, 1.807) is 11.8 Å². The molecule has 1 N–H and O–H groups in total. The summed E-state index contributed by atoms with van der Waals surface area (Å²) in [6, 6.07) is 7.71. The van der Waals surface area contributed by atoms with E-state index in [-0.39, 0.29) is 24.8 Å². The molecule has 1 aliphatic carbocycles. The molecule has 0 spiro atoms. The molecule has 1 aliphatic heterocycles. The molecule has 2 fully saturated rings. The maximum Gasteiger partial charge on any atom is 0.322 e. The number of halogens is 2. The summed E-state index contributed by atoms with van der Waals surface area (Å²) in [5.74, 6) is -0.973. The van der Waals surface area contributed by atoms with Crippen LogP contribution in [0.4, 0.5) is 19.3 Å². The van der Waals surface area contributed by atoms with Gasteiger partial charge in [0.1, 0.15) is 11.4 Å². The van der Waals surface area contributed by atoms with Gasteiger partial charge >= 0.3 is 6.03 Å². The average molecular weight is 446 g/mol. The van der Waals surface area contributed by atoms with E-state index >= 15 is 0 Å². The minimum atomic E-state index is -2.51. The summed E-state index contributed by atoms with van der Waals surface area (Å²) in [6.07, 6.45) is 6.19. The zero-order valence-electron chi connectivity index (χ0n) is 18.3. The summed E-state index contributed by atoms with van der Waals surface area (Å²) in [6.45, 7) is 3.52. The van der Waals surface area contributed by atoms with Crippen molar-refractivity contribution in [3.05, 3.63) is 47.4 Å². The lowest BCUT2D eigenvalue weighted by atomic mass is 9.87. The smallest absolute Gasteiger partial charge is 0.322 e. The van der Waals surface area contributed by atoms with Crippen molar-refractivity contribution in [1.82, 2.24) is 10.1 Å². The topological polar surface area (TPSA) is 67.6 Å². The lowest BCUT2D eigenvalue weighted by Crippen LogP contribution is -2.39. The van der Waals surface area contributed by atoms with Crippen LogP contribution < -0.4 is 10.1 Å². The molecule has 2 aromatic rings. The number of amides is 2. The molecular formula is C24H29F2N3O3. The van der Waals surface area contributed by atoms with E-state index in [4.69, 9.17) is 9.26 Å². The molecule has 2 amide bonds. The zero-order valence-corrected chi connectivity index (χ0v) is 18.3. The summed E-state index contributed by atoms with van der Waals surface area (Å²) in [5.41, 5.74) is 2.92. The predicted octanol–water partition coefficient (Wildman–Crippen LogP) is 5.90. The minimum absolute atomic E-state index is 0.0409. The number of nitrogens with zero attached hydrogens (tertiary/aromatic N) is 2. The average Bonchev–Trinajstić information content (AvgIpc) is 3.18. The third-order valence-electron chi connectivity index (χ3n) is 6.24. The third kappa shape index (κ3) is 5.87. The number of aryl methyl sites for hydroxylation is 1. The fourth-order valence-corrected chi connectivity index (χ4v) is 4.16. The Labute approximate surface area is 186 Å². The highest BCUT2D eigenvalue weighted by atomic mass is 19.3. The highest BCUT2D eigenvalue weighted by Gasteiger charge is 2.35. The lowest BCUT2D eigenvalue weighted by Gasteiger charge is -2.28. The van der Waals surface area contributed by atoms with Crippen molar-refractivity contribution >= 4 is 17.8 Å². The third-order valence-corrected chi connectivity index (χ3v) is 6.24. The fourth-order valence-electron chi connectivity index (χ4n) is 4.16. The number of urea groups is 1. The van der Waals surface area contributed by atoms with Gasteiger partial charge in [-0.05, 0) is 56.2 Å². The second-order valence-corrected chi connectivity index (χ2v) is 8.70. The summed E-state index contributed by atoms with van der Waals surface area (Å²) in [5, 5.41) is 6.50. The Kier molecular flexibility index (Phi) is 6.77. The van der Waals surface area contributed by atoms with Gasteiger partial charge in [-0.1, -0.05) is 28.9 Å². The van der Waals surface area contributed by atoms with E-state index in [0.717, 1.165) is 24.2 Å². The van der Waals surface area contributed by atoms with Crippen LogP contribution in [-0.2, 0) is 0 Å². The van der Waals surface area contributed by atoms with Crippen LogP contribution in [0.25, 0.3) is 6.08 Å². The van der Waals surface area contributed by atoms with E-state index in [1.807, 2.05) is 24.3 Å². The Balaban J connectivity index is 1.26. The van der Waals surface area contributed by atoms with Crippen molar-refractivity contribution in [3.8, 4) is 5.75 Å². The van der Waals surface area contributed by atoms with Crippen molar-refractivity contribution in [2.45, 2.75) is 51.4 Å². The molecule has 4 rings (SSSR count). The van der Waals surface area contributed by atoms with Gasteiger partial charge in [-0.25, -0.2) is 13.6 Å². The van der Waals surface area contributed by atoms with Crippen LogP contribution in [-0.4, -0.2) is 41.7 Å². The number of piperidine rings is 1.